The zero-order valence-electron chi connectivity index (χ0n) is 11.9. The fourth-order valence-electron chi connectivity index (χ4n) is 1.75. The molecule has 6 heteroatoms. The second kappa shape index (κ2) is 6.60. The summed E-state index contributed by atoms with van der Waals surface area (Å²) >= 11 is 0. The number of nitrogens with zero attached hydrogens (tertiary/aromatic N) is 1. The molecule has 6 nitrogen and oxygen atoms in total. The molecule has 1 heterocycles. The van der Waals surface area contributed by atoms with E-state index in [2.05, 4.69) is 10.3 Å². The number of hydrogen-bond donors (Lipinski definition) is 2. The van der Waals surface area contributed by atoms with Crippen molar-refractivity contribution in [3.8, 4) is 11.6 Å². The van der Waals surface area contributed by atoms with Crippen LogP contribution in [-0.2, 0) is 11.4 Å². The van der Waals surface area contributed by atoms with Crippen LogP contribution in [0.25, 0.3) is 0 Å². The second-order valence-electron chi connectivity index (χ2n) is 4.40. The predicted molar refractivity (Wildman–Crippen MR) is 80.3 cm³/mol. The number of nitrogens with one attached hydrogen (secondary N) is 1. The van der Waals surface area contributed by atoms with Crippen LogP contribution in [0.1, 0.15) is 12.5 Å². The van der Waals surface area contributed by atoms with Crippen LogP contribution < -0.4 is 20.5 Å². The predicted octanol–water partition coefficient (Wildman–Crippen LogP) is 2.21. The molecule has 1 aromatic heterocycles. The van der Waals surface area contributed by atoms with Crippen LogP contribution in [0.5, 0.6) is 11.6 Å². The van der Waals surface area contributed by atoms with Crippen LogP contribution in [0, 0.1) is 0 Å². The van der Waals surface area contributed by atoms with Gasteiger partial charge in [-0.25, -0.2) is 0 Å². The van der Waals surface area contributed by atoms with Gasteiger partial charge in [-0.2, -0.15) is 4.98 Å². The fraction of sp³-hybridized carbons (Fsp3) is 0.200. The molecule has 0 fully saturated rings. The molecule has 0 unspecified atom stereocenters. The molecule has 2 aromatic rings. The third kappa shape index (κ3) is 4.10. The van der Waals surface area contributed by atoms with Gasteiger partial charge in [-0.15, -0.1) is 0 Å². The van der Waals surface area contributed by atoms with E-state index in [-0.39, 0.29) is 11.7 Å². The molecule has 0 aliphatic carbocycles. The molecule has 0 atom stereocenters. The van der Waals surface area contributed by atoms with E-state index >= 15 is 0 Å². The Balaban J connectivity index is 2.03. The van der Waals surface area contributed by atoms with Gasteiger partial charge in [-0.05, 0) is 23.8 Å². The number of amides is 1. The molecule has 1 aromatic carbocycles. The van der Waals surface area contributed by atoms with Crippen molar-refractivity contribution in [1.82, 2.24) is 4.98 Å². The number of nitrogen functional groups attached to an aromatic ring is 1. The summed E-state index contributed by atoms with van der Waals surface area (Å²) in [6, 6.07) is 10.9. The first-order chi connectivity index (χ1) is 10.1. The van der Waals surface area contributed by atoms with E-state index in [0.717, 1.165) is 11.3 Å². The van der Waals surface area contributed by atoms with E-state index in [1.54, 1.807) is 19.2 Å². The molecule has 0 radical (unpaired) electrons. The number of carbonyl (C=O) groups excluding carboxylic acids is 1. The standard InChI is InChI=1S/C15H17N3O3/c1-10(19)17-13-6-7-14(18-15(13)16)21-9-11-4-3-5-12(8-11)20-2/h3-8H,9H2,1-2H3,(H2,16,18)(H,17,19). The molecule has 1 amide bonds. The van der Waals surface area contributed by atoms with Crippen molar-refractivity contribution < 1.29 is 14.3 Å². The lowest BCUT2D eigenvalue weighted by Crippen LogP contribution is -2.09. The van der Waals surface area contributed by atoms with Crippen LogP contribution >= 0.6 is 0 Å². The lowest BCUT2D eigenvalue weighted by atomic mass is 10.2. The number of ether oxygens (including phenoxy) is 2. The zero-order valence-corrected chi connectivity index (χ0v) is 11.9. The Morgan fingerprint density at radius 3 is 2.81 bits per heavy atom. The lowest BCUT2D eigenvalue weighted by Gasteiger charge is -2.09. The molecule has 0 saturated carbocycles. The van der Waals surface area contributed by atoms with Gasteiger partial charge >= 0.3 is 0 Å². The minimum absolute atomic E-state index is 0.200. The zero-order chi connectivity index (χ0) is 15.2. The highest BCUT2D eigenvalue weighted by Crippen LogP contribution is 2.21. The van der Waals surface area contributed by atoms with Gasteiger partial charge in [-0.3, -0.25) is 4.79 Å². The molecular weight excluding hydrogens is 270 g/mol. The molecule has 3 N–H and O–H groups in total. The van der Waals surface area contributed by atoms with Crippen LogP contribution in [0.3, 0.4) is 0 Å². The fourth-order valence-corrected chi connectivity index (χ4v) is 1.75. The van der Waals surface area contributed by atoms with Crippen molar-refractivity contribution in [1.29, 1.82) is 0 Å². The van der Waals surface area contributed by atoms with E-state index in [1.807, 2.05) is 24.3 Å². The van der Waals surface area contributed by atoms with E-state index < -0.39 is 0 Å². The average Bonchev–Trinajstić information content (AvgIpc) is 2.47. The third-order valence-electron chi connectivity index (χ3n) is 2.73. The summed E-state index contributed by atoms with van der Waals surface area (Å²) in [5.74, 6) is 1.18. The summed E-state index contributed by atoms with van der Waals surface area (Å²) in [6.07, 6.45) is 0. The number of carbonyl (C=O) groups is 1. The summed E-state index contributed by atoms with van der Waals surface area (Å²) in [5, 5.41) is 2.59. The van der Waals surface area contributed by atoms with Crippen LogP contribution in [0.2, 0.25) is 0 Å². The molecule has 0 bridgehead atoms. The van der Waals surface area contributed by atoms with Gasteiger partial charge < -0.3 is 20.5 Å². The van der Waals surface area contributed by atoms with Crippen LogP contribution in [-0.4, -0.2) is 18.0 Å². The Bertz CT molecular complexity index is 644. The van der Waals surface area contributed by atoms with E-state index in [9.17, 15) is 4.79 Å². The number of anilines is 2. The summed E-state index contributed by atoms with van der Waals surface area (Å²) in [7, 11) is 1.61. The summed E-state index contributed by atoms with van der Waals surface area (Å²) in [4.78, 5) is 15.1. The molecule has 0 aliphatic rings. The third-order valence-corrected chi connectivity index (χ3v) is 2.73. The highest BCUT2D eigenvalue weighted by atomic mass is 16.5. The molecule has 0 spiro atoms. The van der Waals surface area contributed by atoms with Crippen molar-refractivity contribution >= 4 is 17.4 Å². The van der Waals surface area contributed by atoms with Gasteiger partial charge in [0.2, 0.25) is 11.8 Å². The maximum absolute atomic E-state index is 11.0. The van der Waals surface area contributed by atoms with Crippen molar-refractivity contribution in [2.45, 2.75) is 13.5 Å². The molecule has 0 aliphatic heterocycles. The first-order valence-electron chi connectivity index (χ1n) is 6.38. The highest BCUT2D eigenvalue weighted by molar-refractivity contribution is 5.91. The Kier molecular flexibility index (Phi) is 4.61. The van der Waals surface area contributed by atoms with E-state index in [1.165, 1.54) is 6.92 Å². The Labute approximate surface area is 122 Å². The van der Waals surface area contributed by atoms with Gasteiger partial charge in [0.1, 0.15) is 12.4 Å². The summed E-state index contributed by atoms with van der Waals surface area (Å²) in [6.45, 7) is 1.76. The summed E-state index contributed by atoms with van der Waals surface area (Å²) in [5.41, 5.74) is 7.19. The van der Waals surface area contributed by atoms with Crippen LogP contribution in [0.15, 0.2) is 36.4 Å². The number of nitrogens with two attached hydrogens (primary N) is 1. The van der Waals surface area contributed by atoms with Gasteiger partial charge in [0.15, 0.2) is 5.82 Å². The first-order valence-corrected chi connectivity index (χ1v) is 6.38. The van der Waals surface area contributed by atoms with Gasteiger partial charge in [0, 0.05) is 13.0 Å². The second-order valence-corrected chi connectivity index (χ2v) is 4.40. The number of hydrogen-bond acceptors (Lipinski definition) is 5. The molecule has 21 heavy (non-hydrogen) atoms. The molecular formula is C15H17N3O3. The van der Waals surface area contributed by atoms with Gasteiger partial charge in [0.25, 0.3) is 0 Å². The molecule has 2 rings (SSSR count). The van der Waals surface area contributed by atoms with Crippen molar-refractivity contribution in [2.24, 2.45) is 0 Å². The van der Waals surface area contributed by atoms with Gasteiger partial charge in [-0.1, -0.05) is 12.1 Å². The van der Waals surface area contributed by atoms with Crippen molar-refractivity contribution in [3.63, 3.8) is 0 Å². The quantitative estimate of drug-likeness (QED) is 0.880. The number of pyridine rings is 1. The largest absolute Gasteiger partial charge is 0.497 e. The number of benzene rings is 1. The summed E-state index contributed by atoms with van der Waals surface area (Å²) < 4.78 is 10.7. The number of methoxy groups -OCH3 is 1. The van der Waals surface area contributed by atoms with E-state index in [0.29, 0.717) is 18.2 Å². The average molecular weight is 287 g/mol. The topological polar surface area (TPSA) is 86.5 Å². The van der Waals surface area contributed by atoms with Gasteiger partial charge in [0.05, 0.1) is 12.8 Å². The highest BCUT2D eigenvalue weighted by Gasteiger charge is 2.05. The maximum Gasteiger partial charge on any atom is 0.221 e. The van der Waals surface area contributed by atoms with Crippen LogP contribution in [0.4, 0.5) is 11.5 Å². The number of rotatable bonds is 5. The first kappa shape index (κ1) is 14.6. The minimum atomic E-state index is -0.200. The Hall–Kier alpha value is -2.76. The van der Waals surface area contributed by atoms with Crippen molar-refractivity contribution in [2.75, 3.05) is 18.2 Å². The van der Waals surface area contributed by atoms with E-state index in [4.69, 9.17) is 15.2 Å². The number of aromatic nitrogens is 1. The Morgan fingerprint density at radius 2 is 2.14 bits per heavy atom. The normalized spacial score (nSPS) is 10.0. The minimum Gasteiger partial charge on any atom is -0.497 e. The molecule has 0 saturated heterocycles. The monoisotopic (exact) mass is 287 g/mol. The van der Waals surface area contributed by atoms with Crippen molar-refractivity contribution in [3.05, 3.63) is 42.0 Å². The Morgan fingerprint density at radius 1 is 1.33 bits per heavy atom. The SMILES string of the molecule is COc1cccc(COc2ccc(NC(C)=O)c(N)n2)c1. The lowest BCUT2D eigenvalue weighted by molar-refractivity contribution is -0.114. The maximum atomic E-state index is 11.0. The smallest absolute Gasteiger partial charge is 0.221 e. The molecule has 110 valence electrons.